The van der Waals surface area contributed by atoms with Gasteiger partial charge < -0.3 is 4.74 Å². The summed E-state index contributed by atoms with van der Waals surface area (Å²) < 4.78 is 17.4. The first kappa shape index (κ1) is 14.4. The first-order valence-electron chi connectivity index (χ1n) is 6.77. The SMILES string of the molecule is CCc1ccc(C(=O)CS(=O)CC2CCCO2)cc1. The van der Waals surface area contributed by atoms with Crippen molar-refractivity contribution in [3.05, 3.63) is 35.4 Å². The predicted octanol–water partition coefficient (Wildman–Crippen LogP) is 2.36. The molecule has 1 heterocycles. The quantitative estimate of drug-likeness (QED) is 0.751. The molecule has 2 unspecified atom stereocenters. The third-order valence-corrected chi connectivity index (χ3v) is 4.70. The highest BCUT2D eigenvalue weighted by atomic mass is 32.2. The van der Waals surface area contributed by atoms with Crippen LogP contribution in [0.25, 0.3) is 0 Å². The highest BCUT2D eigenvalue weighted by Gasteiger charge is 2.20. The van der Waals surface area contributed by atoms with Crippen LogP contribution in [-0.2, 0) is 22.0 Å². The highest BCUT2D eigenvalue weighted by molar-refractivity contribution is 7.85. The standard InChI is InChI=1S/C15H20O3S/c1-2-12-5-7-13(8-6-12)15(16)11-19(17)10-14-4-3-9-18-14/h5-8,14H,2-4,9-11H2,1H3. The van der Waals surface area contributed by atoms with Gasteiger partial charge in [-0.25, -0.2) is 0 Å². The van der Waals surface area contributed by atoms with Gasteiger partial charge in [0.25, 0.3) is 0 Å². The number of rotatable bonds is 6. The number of ketones is 1. The lowest BCUT2D eigenvalue weighted by Gasteiger charge is -2.08. The Morgan fingerprint density at radius 2 is 2.11 bits per heavy atom. The molecule has 0 spiro atoms. The molecule has 4 heteroatoms. The van der Waals surface area contributed by atoms with E-state index in [1.54, 1.807) is 0 Å². The molecule has 1 saturated heterocycles. The third kappa shape index (κ3) is 4.25. The molecular formula is C15H20O3S. The first-order valence-corrected chi connectivity index (χ1v) is 8.26. The molecule has 1 aliphatic rings. The molecular weight excluding hydrogens is 260 g/mol. The molecule has 0 saturated carbocycles. The number of hydrogen-bond donors (Lipinski definition) is 0. The van der Waals surface area contributed by atoms with Gasteiger partial charge in [-0.05, 0) is 24.8 Å². The molecule has 1 aromatic carbocycles. The van der Waals surface area contributed by atoms with E-state index in [0.29, 0.717) is 11.3 Å². The molecule has 1 aliphatic heterocycles. The predicted molar refractivity (Wildman–Crippen MR) is 77.0 cm³/mol. The minimum atomic E-state index is -1.12. The topological polar surface area (TPSA) is 43.4 Å². The van der Waals surface area contributed by atoms with Crippen LogP contribution in [-0.4, -0.2) is 34.2 Å². The van der Waals surface area contributed by atoms with Crippen molar-refractivity contribution in [2.45, 2.75) is 32.3 Å². The normalized spacial score (nSPS) is 20.4. The van der Waals surface area contributed by atoms with E-state index < -0.39 is 10.8 Å². The van der Waals surface area contributed by atoms with Crippen LogP contribution in [0.4, 0.5) is 0 Å². The van der Waals surface area contributed by atoms with Gasteiger partial charge in [0.15, 0.2) is 5.78 Å². The Balaban J connectivity index is 1.86. The van der Waals surface area contributed by atoms with Gasteiger partial charge in [-0.15, -0.1) is 0 Å². The summed E-state index contributed by atoms with van der Waals surface area (Å²) in [7, 11) is -1.12. The maximum Gasteiger partial charge on any atom is 0.175 e. The maximum atomic E-state index is 12.0. The van der Waals surface area contributed by atoms with Crippen LogP contribution >= 0.6 is 0 Å². The molecule has 2 atom stereocenters. The Hall–Kier alpha value is -1.00. The summed E-state index contributed by atoms with van der Waals surface area (Å²) in [6.45, 7) is 2.84. The maximum absolute atomic E-state index is 12.0. The first-order chi connectivity index (χ1) is 9.19. The van der Waals surface area contributed by atoms with Gasteiger partial charge in [0.05, 0.1) is 17.6 Å². The van der Waals surface area contributed by atoms with E-state index in [4.69, 9.17) is 4.74 Å². The van der Waals surface area contributed by atoms with Crippen LogP contribution in [0, 0.1) is 0 Å². The Bertz CT molecular complexity index is 447. The van der Waals surface area contributed by atoms with Crippen molar-refractivity contribution < 1.29 is 13.7 Å². The van der Waals surface area contributed by atoms with Gasteiger partial charge in [-0.1, -0.05) is 31.2 Å². The lowest BCUT2D eigenvalue weighted by atomic mass is 10.1. The molecule has 0 bridgehead atoms. The number of Topliss-reactive ketones (excluding diaryl/α,β-unsaturated/α-hetero) is 1. The van der Waals surface area contributed by atoms with Gasteiger partial charge >= 0.3 is 0 Å². The lowest BCUT2D eigenvalue weighted by Crippen LogP contribution is -2.21. The Morgan fingerprint density at radius 3 is 2.68 bits per heavy atom. The molecule has 19 heavy (non-hydrogen) atoms. The van der Waals surface area contributed by atoms with Gasteiger partial charge in [-0.2, -0.15) is 0 Å². The van der Waals surface area contributed by atoms with Crippen molar-refractivity contribution in [3.63, 3.8) is 0 Å². The van der Waals surface area contributed by atoms with E-state index in [9.17, 15) is 9.00 Å². The van der Waals surface area contributed by atoms with E-state index in [2.05, 4.69) is 6.92 Å². The van der Waals surface area contributed by atoms with Gasteiger partial charge in [0, 0.05) is 23.0 Å². The molecule has 2 rings (SSSR count). The number of hydrogen-bond acceptors (Lipinski definition) is 3. The van der Waals surface area contributed by atoms with E-state index in [0.717, 1.165) is 25.9 Å². The summed E-state index contributed by atoms with van der Waals surface area (Å²) >= 11 is 0. The van der Waals surface area contributed by atoms with Gasteiger partial charge in [0.2, 0.25) is 0 Å². The number of ether oxygens (including phenoxy) is 1. The van der Waals surface area contributed by atoms with Crippen molar-refractivity contribution in [3.8, 4) is 0 Å². The zero-order valence-corrected chi connectivity index (χ0v) is 12.1. The van der Waals surface area contributed by atoms with Gasteiger partial charge in [0.1, 0.15) is 0 Å². The van der Waals surface area contributed by atoms with Crippen molar-refractivity contribution in [1.29, 1.82) is 0 Å². The van der Waals surface area contributed by atoms with Crippen LogP contribution in [0.15, 0.2) is 24.3 Å². The molecule has 1 fully saturated rings. The third-order valence-electron chi connectivity index (χ3n) is 3.37. The summed E-state index contributed by atoms with van der Waals surface area (Å²) in [6, 6.07) is 7.56. The average Bonchev–Trinajstić information content (AvgIpc) is 2.91. The van der Waals surface area contributed by atoms with Crippen molar-refractivity contribution in [1.82, 2.24) is 0 Å². The molecule has 0 amide bonds. The summed E-state index contributed by atoms with van der Waals surface area (Å²) in [5, 5.41) is 0. The Labute approximate surface area is 116 Å². The molecule has 3 nitrogen and oxygen atoms in total. The average molecular weight is 280 g/mol. The monoisotopic (exact) mass is 280 g/mol. The van der Waals surface area contributed by atoms with E-state index in [1.165, 1.54) is 5.56 Å². The van der Waals surface area contributed by atoms with Gasteiger partial charge in [-0.3, -0.25) is 9.00 Å². The van der Waals surface area contributed by atoms with Crippen molar-refractivity contribution in [2.75, 3.05) is 18.1 Å². The number of benzene rings is 1. The zero-order valence-electron chi connectivity index (χ0n) is 11.3. The fraction of sp³-hybridized carbons (Fsp3) is 0.533. The van der Waals surface area contributed by atoms with Crippen LogP contribution in [0.3, 0.4) is 0 Å². The molecule has 0 N–H and O–H groups in total. The van der Waals surface area contributed by atoms with Crippen LogP contribution in [0.2, 0.25) is 0 Å². The fourth-order valence-corrected chi connectivity index (χ4v) is 3.45. The largest absolute Gasteiger partial charge is 0.377 e. The molecule has 104 valence electrons. The second-order valence-corrected chi connectivity index (χ2v) is 6.36. The molecule has 0 aromatic heterocycles. The van der Waals surface area contributed by atoms with Crippen molar-refractivity contribution >= 4 is 16.6 Å². The fourth-order valence-electron chi connectivity index (χ4n) is 2.20. The number of carbonyl (C=O) groups is 1. The summed E-state index contributed by atoms with van der Waals surface area (Å²) in [6.07, 6.45) is 3.04. The van der Waals surface area contributed by atoms with E-state index in [1.807, 2.05) is 24.3 Å². The second kappa shape index (κ2) is 6.96. The minimum absolute atomic E-state index is 0.0426. The summed E-state index contributed by atoms with van der Waals surface area (Å²) in [4.78, 5) is 12.0. The van der Waals surface area contributed by atoms with Crippen LogP contribution < -0.4 is 0 Å². The summed E-state index contributed by atoms with van der Waals surface area (Å²) in [5.41, 5.74) is 1.86. The van der Waals surface area contributed by atoms with E-state index >= 15 is 0 Å². The summed E-state index contributed by atoms with van der Waals surface area (Å²) in [5.74, 6) is 0.545. The molecule has 0 radical (unpaired) electrons. The zero-order chi connectivity index (χ0) is 13.7. The van der Waals surface area contributed by atoms with Crippen LogP contribution in [0.1, 0.15) is 35.7 Å². The van der Waals surface area contributed by atoms with Crippen LogP contribution in [0.5, 0.6) is 0 Å². The Kier molecular flexibility index (Phi) is 5.28. The second-order valence-electron chi connectivity index (χ2n) is 4.86. The smallest absolute Gasteiger partial charge is 0.175 e. The number of aryl methyl sites for hydroxylation is 1. The van der Waals surface area contributed by atoms with Crippen molar-refractivity contribution in [2.24, 2.45) is 0 Å². The molecule has 1 aromatic rings. The van der Waals surface area contributed by atoms with E-state index in [-0.39, 0.29) is 17.6 Å². The number of carbonyl (C=O) groups excluding carboxylic acids is 1. The minimum Gasteiger partial charge on any atom is -0.377 e. The highest BCUT2D eigenvalue weighted by Crippen LogP contribution is 2.13. The Morgan fingerprint density at radius 1 is 1.37 bits per heavy atom. The molecule has 0 aliphatic carbocycles. The lowest BCUT2D eigenvalue weighted by molar-refractivity contribution is 0.102.